The fraction of sp³-hybridized carbons (Fsp3) is 0.222. The lowest BCUT2D eigenvalue weighted by molar-refractivity contribution is -0.119. The van der Waals surface area contributed by atoms with E-state index in [1.165, 1.54) is 26.2 Å². The molecule has 0 aliphatic heterocycles. The van der Waals surface area contributed by atoms with Crippen LogP contribution in [0.1, 0.15) is 15.9 Å². The van der Waals surface area contributed by atoms with Crippen LogP contribution in [0.3, 0.4) is 0 Å². The first-order chi connectivity index (χ1) is 13.0. The number of amides is 1. The van der Waals surface area contributed by atoms with E-state index in [1.54, 1.807) is 18.2 Å². The molecule has 28 heavy (non-hydrogen) atoms. The van der Waals surface area contributed by atoms with Crippen molar-refractivity contribution in [2.75, 3.05) is 26.0 Å². The third-order valence-corrected chi connectivity index (χ3v) is 6.74. The van der Waals surface area contributed by atoms with Gasteiger partial charge in [-0.25, -0.2) is 17.5 Å². The van der Waals surface area contributed by atoms with Crippen LogP contribution in [-0.4, -0.2) is 45.3 Å². The van der Waals surface area contributed by atoms with E-state index in [9.17, 15) is 18.0 Å². The van der Waals surface area contributed by atoms with Crippen LogP contribution in [0.25, 0.3) is 0 Å². The summed E-state index contributed by atoms with van der Waals surface area (Å²) in [6.45, 7) is 1.32. The zero-order valence-electron chi connectivity index (χ0n) is 15.3. The normalized spacial score (nSPS) is 11.4. The molecule has 0 spiro atoms. The van der Waals surface area contributed by atoms with Gasteiger partial charge in [-0.1, -0.05) is 27.5 Å². The summed E-state index contributed by atoms with van der Waals surface area (Å²) in [7, 11) is -1.00. The molecule has 0 bridgehead atoms. The SMILES string of the molecule is Cc1cc(NC(=O)COC(=O)c2cc(S(=O)(=O)N(C)C)ccc2Cl)ccc1Br. The molecule has 2 aromatic rings. The van der Waals surface area contributed by atoms with Gasteiger partial charge in [-0.2, -0.15) is 0 Å². The summed E-state index contributed by atoms with van der Waals surface area (Å²) in [6.07, 6.45) is 0. The number of nitrogens with one attached hydrogen (secondary N) is 1. The first-order valence-corrected chi connectivity index (χ1v) is 10.6. The van der Waals surface area contributed by atoms with Crippen molar-refractivity contribution in [3.05, 3.63) is 57.0 Å². The Labute approximate surface area is 176 Å². The van der Waals surface area contributed by atoms with Gasteiger partial charge in [-0.05, 0) is 48.9 Å². The number of benzene rings is 2. The molecular weight excluding hydrogens is 472 g/mol. The van der Waals surface area contributed by atoms with E-state index in [1.807, 2.05) is 6.92 Å². The molecule has 0 aliphatic rings. The van der Waals surface area contributed by atoms with Crippen LogP contribution in [0, 0.1) is 6.92 Å². The van der Waals surface area contributed by atoms with Gasteiger partial charge in [0.15, 0.2) is 6.61 Å². The monoisotopic (exact) mass is 488 g/mol. The number of ether oxygens (including phenoxy) is 1. The number of sulfonamides is 1. The molecule has 10 heteroatoms. The first kappa shape index (κ1) is 22.4. The molecule has 2 aromatic carbocycles. The third-order valence-electron chi connectivity index (χ3n) is 3.71. The van der Waals surface area contributed by atoms with Gasteiger partial charge in [-0.15, -0.1) is 0 Å². The van der Waals surface area contributed by atoms with Gasteiger partial charge < -0.3 is 10.1 Å². The molecule has 0 radical (unpaired) electrons. The summed E-state index contributed by atoms with van der Waals surface area (Å²) >= 11 is 9.35. The minimum Gasteiger partial charge on any atom is -0.452 e. The number of carbonyl (C=O) groups excluding carboxylic acids is 2. The average molecular weight is 490 g/mol. The molecule has 2 rings (SSSR count). The predicted molar refractivity (Wildman–Crippen MR) is 110 cm³/mol. The second-order valence-electron chi connectivity index (χ2n) is 6.02. The number of halogens is 2. The van der Waals surface area contributed by atoms with E-state index in [4.69, 9.17) is 16.3 Å². The smallest absolute Gasteiger partial charge is 0.340 e. The van der Waals surface area contributed by atoms with Crippen LogP contribution >= 0.6 is 27.5 Å². The Morgan fingerprint density at radius 2 is 1.86 bits per heavy atom. The van der Waals surface area contributed by atoms with Crippen molar-refractivity contribution in [2.45, 2.75) is 11.8 Å². The minimum atomic E-state index is -3.75. The first-order valence-electron chi connectivity index (χ1n) is 7.97. The van der Waals surface area contributed by atoms with Gasteiger partial charge in [-0.3, -0.25) is 4.79 Å². The Morgan fingerprint density at radius 3 is 2.46 bits per heavy atom. The van der Waals surface area contributed by atoms with E-state index in [-0.39, 0.29) is 15.5 Å². The maximum atomic E-state index is 12.3. The summed E-state index contributed by atoms with van der Waals surface area (Å²) in [4.78, 5) is 24.2. The van der Waals surface area contributed by atoms with Crippen molar-refractivity contribution in [3.63, 3.8) is 0 Å². The molecule has 0 saturated heterocycles. The number of hydrogen-bond acceptors (Lipinski definition) is 5. The summed E-state index contributed by atoms with van der Waals surface area (Å²) in [5, 5.41) is 2.63. The zero-order valence-corrected chi connectivity index (χ0v) is 18.5. The molecule has 1 N–H and O–H groups in total. The number of aryl methyl sites for hydroxylation is 1. The quantitative estimate of drug-likeness (QED) is 0.627. The van der Waals surface area contributed by atoms with E-state index < -0.39 is 28.5 Å². The Kier molecular flexibility index (Phi) is 7.22. The van der Waals surface area contributed by atoms with Gasteiger partial charge in [0, 0.05) is 24.3 Å². The van der Waals surface area contributed by atoms with Crippen molar-refractivity contribution in [2.24, 2.45) is 0 Å². The van der Waals surface area contributed by atoms with Gasteiger partial charge >= 0.3 is 5.97 Å². The van der Waals surface area contributed by atoms with Crippen LogP contribution in [0.4, 0.5) is 5.69 Å². The lowest BCUT2D eigenvalue weighted by Crippen LogP contribution is -2.23. The molecule has 0 aliphatic carbocycles. The largest absolute Gasteiger partial charge is 0.452 e. The number of nitrogens with zero attached hydrogens (tertiary/aromatic N) is 1. The second kappa shape index (κ2) is 9.04. The Morgan fingerprint density at radius 1 is 1.18 bits per heavy atom. The van der Waals surface area contributed by atoms with Gasteiger partial charge in [0.05, 0.1) is 15.5 Å². The minimum absolute atomic E-state index is 0.0200. The zero-order chi connectivity index (χ0) is 21.1. The summed E-state index contributed by atoms with van der Waals surface area (Å²) < 4.78 is 31.3. The third kappa shape index (κ3) is 5.32. The Balaban J connectivity index is 2.08. The van der Waals surface area contributed by atoms with Crippen LogP contribution in [0.2, 0.25) is 5.02 Å². The van der Waals surface area contributed by atoms with Crippen molar-refractivity contribution >= 4 is 55.1 Å². The number of hydrogen-bond donors (Lipinski definition) is 1. The highest BCUT2D eigenvalue weighted by Gasteiger charge is 2.22. The molecule has 0 aromatic heterocycles. The van der Waals surface area contributed by atoms with Crippen LogP contribution in [0.5, 0.6) is 0 Å². The second-order valence-corrected chi connectivity index (χ2v) is 9.43. The van der Waals surface area contributed by atoms with Crippen molar-refractivity contribution < 1.29 is 22.7 Å². The number of anilines is 1. The molecular formula is C18H18BrClN2O5S. The van der Waals surface area contributed by atoms with Crippen LogP contribution in [0.15, 0.2) is 45.8 Å². The summed E-state index contributed by atoms with van der Waals surface area (Å²) in [5.74, 6) is -1.44. The Bertz CT molecular complexity index is 1020. The summed E-state index contributed by atoms with van der Waals surface area (Å²) in [5.41, 5.74) is 1.34. The molecule has 0 heterocycles. The molecule has 0 saturated carbocycles. The van der Waals surface area contributed by atoms with Crippen molar-refractivity contribution in [3.8, 4) is 0 Å². The molecule has 0 atom stereocenters. The fourth-order valence-corrected chi connectivity index (χ4v) is 3.53. The van der Waals surface area contributed by atoms with Crippen LogP contribution < -0.4 is 5.32 Å². The number of carbonyl (C=O) groups is 2. The molecule has 7 nitrogen and oxygen atoms in total. The molecule has 150 valence electrons. The van der Waals surface area contributed by atoms with E-state index in [2.05, 4.69) is 21.2 Å². The average Bonchev–Trinajstić information content (AvgIpc) is 2.63. The Hall–Kier alpha value is -1.94. The van der Waals surface area contributed by atoms with Crippen LogP contribution in [-0.2, 0) is 19.6 Å². The maximum Gasteiger partial charge on any atom is 0.340 e. The lowest BCUT2D eigenvalue weighted by Gasteiger charge is -2.13. The van der Waals surface area contributed by atoms with Crippen molar-refractivity contribution in [1.82, 2.24) is 4.31 Å². The van der Waals surface area contributed by atoms with E-state index in [0.717, 1.165) is 20.4 Å². The van der Waals surface area contributed by atoms with E-state index >= 15 is 0 Å². The van der Waals surface area contributed by atoms with Gasteiger partial charge in [0.25, 0.3) is 5.91 Å². The lowest BCUT2D eigenvalue weighted by atomic mass is 10.2. The fourth-order valence-electron chi connectivity index (χ4n) is 2.16. The van der Waals surface area contributed by atoms with Crippen molar-refractivity contribution in [1.29, 1.82) is 0 Å². The highest BCUT2D eigenvalue weighted by atomic mass is 79.9. The predicted octanol–water partition coefficient (Wildman–Crippen LogP) is 3.46. The van der Waals surface area contributed by atoms with Gasteiger partial charge in [0.2, 0.25) is 10.0 Å². The summed E-state index contributed by atoms with van der Waals surface area (Å²) in [6, 6.07) is 8.94. The maximum absolute atomic E-state index is 12.3. The molecule has 0 fully saturated rings. The number of rotatable bonds is 6. The molecule has 0 unspecified atom stereocenters. The van der Waals surface area contributed by atoms with E-state index in [0.29, 0.717) is 5.69 Å². The topological polar surface area (TPSA) is 92.8 Å². The highest BCUT2D eigenvalue weighted by Crippen LogP contribution is 2.23. The number of esters is 1. The molecule has 1 amide bonds. The van der Waals surface area contributed by atoms with Gasteiger partial charge in [0.1, 0.15) is 0 Å². The highest BCUT2D eigenvalue weighted by molar-refractivity contribution is 9.10. The standard InChI is InChI=1S/C18H18BrClN2O5S/c1-11-8-12(4-6-15(11)19)21-17(23)10-27-18(24)14-9-13(5-7-16(14)20)28(25,26)22(2)3/h4-9H,10H2,1-3H3,(H,21,23).